The minimum absolute atomic E-state index is 0.192. The molecule has 6 nitrogen and oxygen atoms in total. The lowest BCUT2D eigenvalue weighted by atomic mass is 10.4. The Morgan fingerprint density at radius 1 is 1.29 bits per heavy atom. The van der Waals surface area contributed by atoms with Gasteiger partial charge < -0.3 is 4.74 Å². The number of hydrogen-bond acceptors (Lipinski definition) is 5. The highest BCUT2D eigenvalue weighted by atomic mass is 35.5. The first-order chi connectivity index (χ1) is 10.0. The number of rotatable bonds is 5. The van der Waals surface area contributed by atoms with E-state index in [-0.39, 0.29) is 10.0 Å². The van der Waals surface area contributed by atoms with Crippen molar-refractivity contribution in [2.24, 2.45) is 0 Å². The Hall–Kier alpha value is -0.730. The average molecular weight is 334 g/mol. The summed E-state index contributed by atoms with van der Waals surface area (Å²) in [4.78, 5) is 6.27. The second kappa shape index (κ2) is 7.51. The van der Waals surface area contributed by atoms with Gasteiger partial charge in [0, 0.05) is 39.5 Å². The fraction of sp³-hybridized carbons (Fsp3) is 0.615. The Kier molecular flexibility index (Phi) is 5.95. The molecule has 0 saturated carbocycles. The molecule has 0 radical (unpaired) electrons. The molecule has 1 aromatic rings. The van der Waals surface area contributed by atoms with Gasteiger partial charge in [0.2, 0.25) is 10.0 Å². The molecule has 21 heavy (non-hydrogen) atoms. The molecule has 1 aliphatic rings. The minimum atomic E-state index is -3.49. The van der Waals surface area contributed by atoms with E-state index in [9.17, 15) is 8.42 Å². The van der Waals surface area contributed by atoms with Crippen molar-refractivity contribution in [2.45, 2.75) is 11.3 Å². The van der Waals surface area contributed by atoms with E-state index in [1.54, 1.807) is 7.11 Å². The summed E-state index contributed by atoms with van der Waals surface area (Å²) in [7, 11) is -1.82. The Morgan fingerprint density at radius 2 is 2.10 bits per heavy atom. The first-order valence-electron chi connectivity index (χ1n) is 6.87. The zero-order valence-electron chi connectivity index (χ0n) is 12.0. The maximum absolute atomic E-state index is 12.6. The van der Waals surface area contributed by atoms with Gasteiger partial charge in [-0.2, -0.15) is 4.31 Å². The highest BCUT2D eigenvalue weighted by molar-refractivity contribution is 7.89. The lowest BCUT2D eigenvalue weighted by Crippen LogP contribution is -2.36. The van der Waals surface area contributed by atoms with E-state index in [1.807, 2.05) is 0 Å². The molecule has 0 bridgehead atoms. The first-order valence-corrected chi connectivity index (χ1v) is 8.69. The standard InChI is InChI=1S/C13H20ClN3O3S/c1-20-10-9-16-5-2-6-17(8-7-16)21(18,19)12-3-4-13(14)15-11-12/h3-4,11H,2,5-10H2,1H3. The van der Waals surface area contributed by atoms with Gasteiger partial charge in [-0.25, -0.2) is 13.4 Å². The molecule has 0 unspecified atom stereocenters. The Labute approximate surface area is 130 Å². The van der Waals surface area contributed by atoms with Gasteiger partial charge >= 0.3 is 0 Å². The molecule has 2 rings (SSSR count). The summed E-state index contributed by atoms with van der Waals surface area (Å²) >= 11 is 5.70. The van der Waals surface area contributed by atoms with E-state index in [1.165, 1.54) is 22.6 Å². The van der Waals surface area contributed by atoms with Crippen LogP contribution in [0.25, 0.3) is 0 Å². The van der Waals surface area contributed by atoms with Crippen LogP contribution in [0.2, 0.25) is 5.15 Å². The van der Waals surface area contributed by atoms with Crippen LogP contribution >= 0.6 is 11.6 Å². The quantitative estimate of drug-likeness (QED) is 0.754. The fourth-order valence-electron chi connectivity index (χ4n) is 2.30. The molecule has 0 aromatic carbocycles. The van der Waals surface area contributed by atoms with Gasteiger partial charge in [-0.3, -0.25) is 4.90 Å². The zero-order valence-corrected chi connectivity index (χ0v) is 13.6. The predicted molar refractivity (Wildman–Crippen MR) is 80.9 cm³/mol. The van der Waals surface area contributed by atoms with Gasteiger partial charge in [0.1, 0.15) is 10.0 Å². The van der Waals surface area contributed by atoms with Crippen LogP contribution in [-0.2, 0) is 14.8 Å². The summed E-state index contributed by atoms with van der Waals surface area (Å²) in [5, 5.41) is 0.288. The summed E-state index contributed by atoms with van der Waals surface area (Å²) in [6, 6.07) is 3.00. The number of halogens is 1. The highest BCUT2D eigenvalue weighted by Gasteiger charge is 2.27. The number of ether oxygens (including phenoxy) is 1. The van der Waals surface area contributed by atoms with E-state index >= 15 is 0 Å². The monoisotopic (exact) mass is 333 g/mol. The van der Waals surface area contributed by atoms with E-state index in [0.717, 1.165) is 19.5 Å². The molecule has 0 N–H and O–H groups in total. The first kappa shape index (κ1) is 16.6. The number of pyridine rings is 1. The summed E-state index contributed by atoms with van der Waals surface area (Å²) < 4.78 is 31.7. The molecule has 0 amide bonds. The Morgan fingerprint density at radius 3 is 2.76 bits per heavy atom. The minimum Gasteiger partial charge on any atom is -0.383 e. The second-order valence-electron chi connectivity index (χ2n) is 4.91. The lowest BCUT2D eigenvalue weighted by molar-refractivity contribution is 0.151. The van der Waals surface area contributed by atoms with Crippen molar-refractivity contribution in [2.75, 3.05) is 46.4 Å². The van der Waals surface area contributed by atoms with Crippen LogP contribution in [0.3, 0.4) is 0 Å². The molecule has 1 aromatic heterocycles. The Balaban J connectivity index is 2.05. The van der Waals surface area contributed by atoms with Crippen molar-refractivity contribution in [3.63, 3.8) is 0 Å². The third-order valence-corrected chi connectivity index (χ3v) is 5.60. The largest absolute Gasteiger partial charge is 0.383 e. The SMILES string of the molecule is COCCN1CCCN(S(=O)(=O)c2ccc(Cl)nc2)CC1. The maximum Gasteiger partial charge on any atom is 0.244 e. The van der Waals surface area contributed by atoms with Crippen LogP contribution in [0.15, 0.2) is 23.2 Å². The van der Waals surface area contributed by atoms with Gasteiger partial charge in [-0.15, -0.1) is 0 Å². The highest BCUT2D eigenvalue weighted by Crippen LogP contribution is 2.18. The van der Waals surface area contributed by atoms with E-state index < -0.39 is 10.0 Å². The molecular weight excluding hydrogens is 314 g/mol. The molecule has 118 valence electrons. The molecule has 1 fully saturated rings. The van der Waals surface area contributed by atoms with Crippen molar-refractivity contribution in [3.8, 4) is 0 Å². The molecule has 2 heterocycles. The van der Waals surface area contributed by atoms with Crippen molar-refractivity contribution >= 4 is 21.6 Å². The number of methoxy groups -OCH3 is 1. The van der Waals surface area contributed by atoms with Crippen LogP contribution < -0.4 is 0 Å². The molecule has 1 aliphatic heterocycles. The summed E-state index contributed by atoms with van der Waals surface area (Å²) in [6.07, 6.45) is 2.12. The van der Waals surface area contributed by atoms with Crippen LogP contribution in [0, 0.1) is 0 Å². The summed E-state index contributed by atoms with van der Waals surface area (Å²) in [6.45, 7) is 4.09. The molecular formula is C13H20ClN3O3S. The maximum atomic E-state index is 12.6. The number of hydrogen-bond donors (Lipinski definition) is 0. The number of nitrogens with zero attached hydrogens (tertiary/aromatic N) is 3. The van der Waals surface area contributed by atoms with Gasteiger partial charge in [0.25, 0.3) is 0 Å². The molecule has 0 spiro atoms. The Bertz CT molecular complexity index is 550. The van der Waals surface area contributed by atoms with Gasteiger partial charge in [-0.1, -0.05) is 11.6 Å². The fourth-order valence-corrected chi connectivity index (χ4v) is 3.82. The van der Waals surface area contributed by atoms with Crippen LogP contribution in [-0.4, -0.2) is 69.0 Å². The molecule has 0 aliphatic carbocycles. The van der Waals surface area contributed by atoms with Gasteiger partial charge in [-0.05, 0) is 25.1 Å². The van der Waals surface area contributed by atoms with Crippen LogP contribution in [0.1, 0.15) is 6.42 Å². The predicted octanol–water partition coefficient (Wildman–Crippen LogP) is 1.08. The smallest absolute Gasteiger partial charge is 0.244 e. The molecule has 1 saturated heterocycles. The van der Waals surface area contributed by atoms with Gasteiger partial charge in [0.15, 0.2) is 0 Å². The zero-order chi connectivity index (χ0) is 15.3. The van der Waals surface area contributed by atoms with Gasteiger partial charge in [0.05, 0.1) is 6.61 Å². The number of aromatic nitrogens is 1. The van der Waals surface area contributed by atoms with Crippen LogP contribution in [0.4, 0.5) is 0 Å². The van der Waals surface area contributed by atoms with Crippen molar-refractivity contribution in [1.82, 2.24) is 14.2 Å². The summed E-state index contributed by atoms with van der Waals surface area (Å²) in [5.41, 5.74) is 0. The third kappa shape index (κ3) is 4.37. The third-order valence-electron chi connectivity index (χ3n) is 3.50. The number of sulfonamides is 1. The molecule has 0 atom stereocenters. The normalized spacial score (nSPS) is 18.6. The second-order valence-corrected chi connectivity index (χ2v) is 7.23. The topological polar surface area (TPSA) is 62.7 Å². The molecule has 8 heteroatoms. The van der Waals surface area contributed by atoms with Crippen molar-refractivity contribution in [3.05, 3.63) is 23.5 Å². The average Bonchev–Trinajstić information content (AvgIpc) is 2.71. The summed E-state index contributed by atoms with van der Waals surface area (Å²) in [5.74, 6) is 0. The van der Waals surface area contributed by atoms with E-state index in [4.69, 9.17) is 16.3 Å². The van der Waals surface area contributed by atoms with Crippen LogP contribution in [0.5, 0.6) is 0 Å². The van der Waals surface area contributed by atoms with E-state index in [2.05, 4.69) is 9.88 Å². The lowest BCUT2D eigenvalue weighted by Gasteiger charge is -2.21. The van der Waals surface area contributed by atoms with Crippen molar-refractivity contribution in [1.29, 1.82) is 0 Å². The van der Waals surface area contributed by atoms with E-state index in [0.29, 0.717) is 26.2 Å². The van der Waals surface area contributed by atoms with Crippen molar-refractivity contribution < 1.29 is 13.2 Å².